The van der Waals surface area contributed by atoms with E-state index in [1.54, 1.807) is 0 Å². The molecule has 0 bridgehead atoms. The van der Waals surface area contributed by atoms with Gasteiger partial charge in [-0.05, 0) is 10.4 Å². The van der Waals surface area contributed by atoms with Gasteiger partial charge in [0.1, 0.15) is 12.5 Å². The Morgan fingerprint density at radius 3 is 2.79 bits per heavy atom. The number of nitrogens with one attached hydrogen (secondary N) is 1. The topological polar surface area (TPSA) is 64.9 Å². The van der Waals surface area contributed by atoms with Gasteiger partial charge in [0.25, 0.3) is 0 Å². The summed E-state index contributed by atoms with van der Waals surface area (Å²) in [6.07, 6.45) is -4.31. The highest BCUT2D eigenvalue weighted by molar-refractivity contribution is 7.99. The molecular weight excluding hydrogens is 283 g/mol. The van der Waals surface area contributed by atoms with Crippen LogP contribution in [0.1, 0.15) is 13.8 Å². The molecular formula is C9H16F3N5OS. The van der Waals surface area contributed by atoms with E-state index in [9.17, 15) is 13.2 Å². The number of nitrogens with zero attached hydrogens (tertiary/aromatic N) is 4. The van der Waals surface area contributed by atoms with Crippen molar-refractivity contribution in [3.8, 4) is 0 Å². The highest BCUT2D eigenvalue weighted by Gasteiger charge is 2.27. The molecule has 0 radical (unpaired) electrons. The smallest absolute Gasteiger partial charge is 0.361 e. The monoisotopic (exact) mass is 299 g/mol. The summed E-state index contributed by atoms with van der Waals surface area (Å²) in [7, 11) is 0. The Labute approximate surface area is 113 Å². The lowest BCUT2D eigenvalue weighted by molar-refractivity contribution is -0.168. The molecule has 1 aromatic rings. The molecule has 0 saturated heterocycles. The van der Waals surface area contributed by atoms with Crippen molar-refractivity contribution in [2.24, 2.45) is 0 Å². The number of halogens is 3. The number of ether oxygens (including phenoxy) is 1. The minimum absolute atomic E-state index is 0.141. The maximum absolute atomic E-state index is 11.9. The molecule has 110 valence electrons. The first kappa shape index (κ1) is 16.2. The van der Waals surface area contributed by atoms with Gasteiger partial charge in [0.2, 0.25) is 5.16 Å². The molecule has 0 aliphatic rings. The number of tetrazole rings is 1. The second-order valence-electron chi connectivity index (χ2n) is 4.02. The molecule has 0 aliphatic heterocycles. The van der Waals surface area contributed by atoms with Crippen LogP contribution in [-0.2, 0) is 11.3 Å². The Hall–Kier alpha value is -0.870. The first-order chi connectivity index (χ1) is 8.88. The van der Waals surface area contributed by atoms with Crippen LogP contribution in [-0.4, -0.2) is 51.5 Å². The predicted octanol–water partition coefficient (Wildman–Crippen LogP) is 1.30. The molecule has 0 saturated carbocycles. The zero-order valence-electron chi connectivity index (χ0n) is 10.6. The van der Waals surface area contributed by atoms with Crippen molar-refractivity contribution in [1.82, 2.24) is 25.5 Å². The van der Waals surface area contributed by atoms with Gasteiger partial charge in [-0.3, -0.25) is 0 Å². The summed E-state index contributed by atoms with van der Waals surface area (Å²) in [6.45, 7) is 3.99. The lowest BCUT2D eigenvalue weighted by atomic mass is 10.4. The van der Waals surface area contributed by atoms with Crippen LogP contribution in [0.5, 0.6) is 0 Å². The molecule has 19 heavy (non-hydrogen) atoms. The third kappa shape index (κ3) is 7.33. The highest BCUT2D eigenvalue weighted by atomic mass is 32.2. The van der Waals surface area contributed by atoms with Crippen molar-refractivity contribution in [3.05, 3.63) is 0 Å². The van der Waals surface area contributed by atoms with Crippen molar-refractivity contribution in [1.29, 1.82) is 0 Å². The lowest BCUT2D eigenvalue weighted by Crippen LogP contribution is -2.27. The van der Waals surface area contributed by atoms with E-state index in [2.05, 4.69) is 25.6 Å². The molecule has 0 aliphatic carbocycles. The van der Waals surface area contributed by atoms with Crippen LogP contribution >= 0.6 is 11.8 Å². The minimum atomic E-state index is -4.31. The molecule has 0 atom stereocenters. The number of alkyl halides is 3. The average molecular weight is 299 g/mol. The van der Waals surface area contributed by atoms with Crippen LogP contribution in [0.15, 0.2) is 5.16 Å². The first-order valence-electron chi connectivity index (χ1n) is 5.65. The quantitative estimate of drug-likeness (QED) is 0.443. The van der Waals surface area contributed by atoms with Gasteiger partial charge in [0, 0.05) is 12.6 Å². The van der Waals surface area contributed by atoms with Crippen molar-refractivity contribution >= 4 is 11.8 Å². The summed E-state index contributed by atoms with van der Waals surface area (Å²) >= 11 is 1.03. The van der Waals surface area contributed by atoms with Gasteiger partial charge in [-0.15, -0.1) is 5.10 Å². The molecule has 0 spiro atoms. The van der Waals surface area contributed by atoms with Crippen LogP contribution in [0.3, 0.4) is 0 Å². The van der Waals surface area contributed by atoms with Crippen molar-refractivity contribution in [3.63, 3.8) is 0 Å². The largest absolute Gasteiger partial charge is 0.411 e. The van der Waals surface area contributed by atoms with Crippen molar-refractivity contribution < 1.29 is 17.9 Å². The van der Waals surface area contributed by atoms with Gasteiger partial charge in [-0.2, -0.15) is 13.2 Å². The van der Waals surface area contributed by atoms with Gasteiger partial charge in [0.05, 0.1) is 6.54 Å². The van der Waals surface area contributed by atoms with Crippen LogP contribution in [0.2, 0.25) is 0 Å². The molecule has 1 N–H and O–H groups in total. The Balaban J connectivity index is 2.28. The van der Waals surface area contributed by atoms with Crippen LogP contribution in [0.25, 0.3) is 0 Å². The third-order valence-electron chi connectivity index (χ3n) is 1.91. The SMILES string of the molecule is CC(C)NCCn1nnnc1SCOCC(F)(F)F. The van der Waals surface area contributed by atoms with Gasteiger partial charge < -0.3 is 10.1 Å². The fraction of sp³-hybridized carbons (Fsp3) is 0.889. The van der Waals surface area contributed by atoms with E-state index >= 15 is 0 Å². The maximum atomic E-state index is 11.9. The van der Waals surface area contributed by atoms with Gasteiger partial charge in [0.15, 0.2) is 0 Å². The molecule has 0 amide bonds. The molecule has 10 heteroatoms. The van der Waals surface area contributed by atoms with Crippen LogP contribution in [0.4, 0.5) is 13.2 Å². The van der Waals surface area contributed by atoms with E-state index in [1.165, 1.54) is 4.68 Å². The third-order valence-corrected chi connectivity index (χ3v) is 2.75. The van der Waals surface area contributed by atoms with Crippen LogP contribution < -0.4 is 5.32 Å². The van der Waals surface area contributed by atoms with E-state index < -0.39 is 12.8 Å². The molecule has 0 fully saturated rings. The summed E-state index contributed by atoms with van der Waals surface area (Å²) in [5.74, 6) is -0.141. The van der Waals surface area contributed by atoms with Gasteiger partial charge in [-0.25, -0.2) is 4.68 Å². The van der Waals surface area contributed by atoms with E-state index in [-0.39, 0.29) is 5.94 Å². The Morgan fingerprint density at radius 2 is 2.16 bits per heavy atom. The summed E-state index contributed by atoms with van der Waals surface area (Å²) in [5, 5.41) is 14.6. The molecule has 0 unspecified atom stereocenters. The molecule has 1 rings (SSSR count). The predicted molar refractivity (Wildman–Crippen MR) is 63.7 cm³/mol. The molecule has 0 aromatic carbocycles. The number of hydrogen-bond acceptors (Lipinski definition) is 6. The Bertz CT molecular complexity index is 371. The summed E-state index contributed by atoms with van der Waals surface area (Å²) in [4.78, 5) is 0. The van der Waals surface area contributed by atoms with E-state index in [0.717, 1.165) is 11.8 Å². The van der Waals surface area contributed by atoms with E-state index in [1.807, 2.05) is 13.8 Å². The van der Waals surface area contributed by atoms with Gasteiger partial charge >= 0.3 is 6.18 Å². The summed E-state index contributed by atoms with van der Waals surface area (Å²) in [6, 6.07) is 0.350. The summed E-state index contributed by atoms with van der Waals surface area (Å²) < 4.78 is 41.6. The van der Waals surface area contributed by atoms with Gasteiger partial charge in [-0.1, -0.05) is 25.6 Å². The van der Waals surface area contributed by atoms with Crippen molar-refractivity contribution in [2.75, 3.05) is 19.1 Å². The van der Waals surface area contributed by atoms with E-state index in [4.69, 9.17) is 0 Å². The Morgan fingerprint density at radius 1 is 1.42 bits per heavy atom. The number of rotatable bonds is 8. The van der Waals surface area contributed by atoms with Crippen LogP contribution in [0, 0.1) is 0 Å². The summed E-state index contributed by atoms with van der Waals surface area (Å²) in [5.41, 5.74) is 0. The lowest BCUT2D eigenvalue weighted by Gasteiger charge is -2.09. The molecule has 1 aromatic heterocycles. The Kier molecular flexibility index (Phi) is 6.52. The fourth-order valence-corrected chi connectivity index (χ4v) is 1.79. The second-order valence-corrected chi connectivity index (χ2v) is 4.91. The second kappa shape index (κ2) is 7.65. The van der Waals surface area contributed by atoms with Crippen molar-refractivity contribution in [2.45, 2.75) is 37.8 Å². The number of hydrogen-bond donors (Lipinski definition) is 1. The fourth-order valence-electron chi connectivity index (χ4n) is 1.15. The minimum Gasteiger partial charge on any atom is -0.361 e. The zero-order valence-corrected chi connectivity index (χ0v) is 11.5. The molecule has 1 heterocycles. The first-order valence-corrected chi connectivity index (χ1v) is 6.64. The highest BCUT2D eigenvalue weighted by Crippen LogP contribution is 2.18. The number of aromatic nitrogens is 4. The normalized spacial score (nSPS) is 12.3. The standard InChI is InChI=1S/C9H16F3N5OS/c1-7(2)13-3-4-17-8(14-15-16-17)19-6-18-5-9(10,11)12/h7,13H,3-6H2,1-2H3. The zero-order chi connectivity index (χ0) is 14.3. The van der Waals surface area contributed by atoms with E-state index in [0.29, 0.717) is 24.3 Å². The molecule has 6 nitrogen and oxygen atoms in total. The number of thioether (sulfide) groups is 1. The maximum Gasteiger partial charge on any atom is 0.411 e. The average Bonchev–Trinajstić information content (AvgIpc) is 2.70.